The van der Waals surface area contributed by atoms with Crippen molar-refractivity contribution in [2.75, 3.05) is 6.61 Å². The van der Waals surface area contributed by atoms with Crippen LogP contribution in [-0.2, 0) is 19.5 Å². The molecule has 1 aromatic heterocycles. The van der Waals surface area contributed by atoms with Crippen molar-refractivity contribution in [2.45, 2.75) is 32.6 Å². The monoisotopic (exact) mass is 287 g/mol. The molecule has 0 aromatic carbocycles. The Morgan fingerprint density at radius 1 is 1.41 bits per heavy atom. The van der Waals surface area contributed by atoms with Crippen LogP contribution in [0.1, 0.15) is 43.1 Å². The number of carbonyl (C=O) groups is 1. The molecule has 0 radical (unpaired) electrons. The van der Waals surface area contributed by atoms with Crippen molar-refractivity contribution < 1.29 is 34.1 Å². The fourth-order valence-corrected chi connectivity index (χ4v) is 1.38. The van der Waals surface area contributed by atoms with Gasteiger partial charge in [-0.3, -0.25) is 0 Å². The van der Waals surface area contributed by atoms with Gasteiger partial charge >= 0.3 is 5.97 Å². The summed E-state index contributed by atoms with van der Waals surface area (Å²) in [6.45, 7) is 2.69. The van der Waals surface area contributed by atoms with Gasteiger partial charge in [-0.2, -0.15) is 0 Å². The SMILES string of the molecule is CCCCCCOc1cccnc1C(=O)O.[Zn]. The zero-order valence-corrected chi connectivity index (χ0v) is 13.2. The summed E-state index contributed by atoms with van der Waals surface area (Å²) in [5.41, 5.74) is -0.0157. The van der Waals surface area contributed by atoms with Gasteiger partial charge in [0.05, 0.1) is 6.61 Å². The van der Waals surface area contributed by atoms with Gasteiger partial charge < -0.3 is 9.84 Å². The first-order chi connectivity index (χ1) is 7.75. The zero-order chi connectivity index (χ0) is 11.8. The summed E-state index contributed by atoms with van der Waals surface area (Å²) in [6.07, 6.45) is 5.86. The van der Waals surface area contributed by atoms with E-state index in [1.807, 2.05) is 0 Å². The maximum Gasteiger partial charge on any atom is 0.358 e. The van der Waals surface area contributed by atoms with E-state index in [9.17, 15) is 4.79 Å². The number of ether oxygens (including phenoxy) is 1. The van der Waals surface area contributed by atoms with Gasteiger partial charge in [0, 0.05) is 25.7 Å². The Morgan fingerprint density at radius 2 is 2.18 bits per heavy atom. The zero-order valence-electron chi connectivity index (χ0n) is 10.2. The van der Waals surface area contributed by atoms with Crippen LogP contribution in [0, 0.1) is 0 Å². The third-order valence-electron chi connectivity index (χ3n) is 2.23. The molecule has 17 heavy (non-hydrogen) atoms. The molecule has 0 atom stereocenters. The largest absolute Gasteiger partial charge is 0.491 e. The minimum absolute atomic E-state index is 0. The van der Waals surface area contributed by atoms with E-state index in [0.717, 1.165) is 12.8 Å². The summed E-state index contributed by atoms with van der Waals surface area (Å²) in [7, 11) is 0. The molecule has 0 spiro atoms. The van der Waals surface area contributed by atoms with Gasteiger partial charge in [-0.25, -0.2) is 9.78 Å². The Kier molecular flexibility index (Phi) is 8.60. The number of aromatic carboxylic acids is 1. The van der Waals surface area contributed by atoms with Crippen molar-refractivity contribution in [3.05, 3.63) is 24.0 Å². The normalized spacial score (nSPS) is 9.47. The quantitative estimate of drug-likeness (QED) is 0.619. The number of hydrogen-bond donors (Lipinski definition) is 1. The molecule has 0 bridgehead atoms. The summed E-state index contributed by atoms with van der Waals surface area (Å²) < 4.78 is 5.40. The van der Waals surface area contributed by atoms with Crippen LogP contribution in [0.5, 0.6) is 5.75 Å². The van der Waals surface area contributed by atoms with E-state index in [2.05, 4.69) is 11.9 Å². The van der Waals surface area contributed by atoms with Gasteiger partial charge in [-0.15, -0.1) is 0 Å². The van der Waals surface area contributed by atoms with E-state index in [4.69, 9.17) is 9.84 Å². The van der Waals surface area contributed by atoms with Crippen molar-refractivity contribution in [1.29, 1.82) is 0 Å². The Labute approximate surface area is 114 Å². The van der Waals surface area contributed by atoms with Crippen LogP contribution >= 0.6 is 0 Å². The molecule has 1 heterocycles. The van der Waals surface area contributed by atoms with Crippen molar-refractivity contribution in [2.24, 2.45) is 0 Å². The maximum absolute atomic E-state index is 10.8. The molecule has 0 amide bonds. The first-order valence-electron chi connectivity index (χ1n) is 5.56. The number of rotatable bonds is 7. The minimum Gasteiger partial charge on any atom is -0.491 e. The third-order valence-corrected chi connectivity index (χ3v) is 2.23. The molecule has 1 aromatic rings. The Morgan fingerprint density at radius 3 is 2.82 bits per heavy atom. The molecular formula is C12H17NO3Zn. The Hall–Kier alpha value is -0.957. The van der Waals surface area contributed by atoms with Crippen molar-refractivity contribution in [3.8, 4) is 5.75 Å². The van der Waals surface area contributed by atoms with E-state index in [1.54, 1.807) is 12.1 Å². The second kappa shape index (κ2) is 9.11. The summed E-state index contributed by atoms with van der Waals surface area (Å²) in [5, 5.41) is 8.86. The molecule has 1 rings (SSSR count). The van der Waals surface area contributed by atoms with Gasteiger partial charge in [0.2, 0.25) is 0 Å². The van der Waals surface area contributed by atoms with Gasteiger partial charge in [-0.05, 0) is 18.6 Å². The predicted octanol–water partition coefficient (Wildman–Crippen LogP) is 2.74. The van der Waals surface area contributed by atoms with Crippen LogP contribution in [0.4, 0.5) is 0 Å². The second-order valence-corrected chi connectivity index (χ2v) is 3.56. The van der Waals surface area contributed by atoms with Crippen molar-refractivity contribution in [1.82, 2.24) is 4.98 Å². The molecule has 0 unspecified atom stereocenters. The average molecular weight is 289 g/mol. The van der Waals surface area contributed by atoms with Crippen LogP contribution < -0.4 is 4.74 Å². The van der Waals surface area contributed by atoms with E-state index in [1.165, 1.54) is 19.0 Å². The second-order valence-electron chi connectivity index (χ2n) is 3.56. The summed E-state index contributed by atoms with van der Waals surface area (Å²) in [5.74, 6) is -0.698. The molecule has 90 valence electrons. The van der Waals surface area contributed by atoms with Crippen LogP contribution in [-0.4, -0.2) is 22.7 Å². The number of pyridine rings is 1. The van der Waals surface area contributed by atoms with Gasteiger partial charge in [0.25, 0.3) is 0 Å². The molecule has 0 aliphatic heterocycles. The molecule has 4 nitrogen and oxygen atoms in total. The van der Waals surface area contributed by atoms with Crippen LogP contribution in [0.3, 0.4) is 0 Å². The molecular weight excluding hydrogens is 272 g/mol. The van der Waals surface area contributed by atoms with E-state index in [-0.39, 0.29) is 25.2 Å². The fourth-order valence-electron chi connectivity index (χ4n) is 1.38. The first-order valence-corrected chi connectivity index (χ1v) is 5.56. The third kappa shape index (κ3) is 5.78. The van der Waals surface area contributed by atoms with Crippen molar-refractivity contribution in [3.63, 3.8) is 0 Å². The molecule has 0 fully saturated rings. The van der Waals surface area contributed by atoms with Gasteiger partial charge in [0.1, 0.15) is 0 Å². The topological polar surface area (TPSA) is 59.4 Å². The predicted molar refractivity (Wildman–Crippen MR) is 60.8 cm³/mol. The number of unbranched alkanes of at least 4 members (excludes halogenated alkanes) is 3. The first kappa shape index (κ1) is 16.0. The Bertz CT molecular complexity index is 344. The van der Waals surface area contributed by atoms with E-state index < -0.39 is 5.97 Å². The maximum atomic E-state index is 10.8. The standard InChI is InChI=1S/C12H17NO3.Zn/c1-2-3-4-5-9-16-10-7-6-8-13-11(10)12(14)15;/h6-8H,2-5,9H2,1H3,(H,14,15);. The average Bonchev–Trinajstić information content (AvgIpc) is 2.29. The van der Waals surface area contributed by atoms with Gasteiger partial charge in [-0.1, -0.05) is 26.2 Å². The molecule has 0 saturated heterocycles. The number of hydrogen-bond acceptors (Lipinski definition) is 3. The number of nitrogens with zero attached hydrogens (tertiary/aromatic N) is 1. The molecule has 0 aliphatic carbocycles. The smallest absolute Gasteiger partial charge is 0.358 e. The molecule has 0 saturated carbocycles. The van der Waals surface area contributed by atoms with E-state index in [0.29, 0.717) is 12.4 Å². The van der Waals surface area contributed by atoms with Gasteiger partial charge in [0.15, 0.2) is 11.4 Å². The number of aromatic nitrogens is 1. The summed E-state index contributed by atoms with van der Waals surface area (Å²) in [6, 6.07) is 3.31. The van der Waals surface area contributed by atoms with Crippen LogP contribution in [0.15, 0.2) is 18.3 Å². The van der Waals surface area contributed by atoms with Crippen LogP contribution in [0.2, 0.25) is 0 Å². The summed E-state index contributed by atoms with van der Waals surface area (Å²) >= 11 is 0. The summed E-state index contributed by atoms with van der Waals surface area (Å²) in [4.78, 5) is 14.6. The number of carboxylic acids is 1. The van der Waals surface area contributed by atoms with Crippen molar-refractivity contribution >= 4 is 5.97 Å². The van der Waals surface area contributed by atoms with E-state index >= 15 is 0 Å². The molecule has 0 aliphatic rings. The Balaban J connectivity index is 0.00000256. The molecule has 1 N–H and O–H groups in total. The van der Waals surface area contributed by atoms with Crippen LogP contribution in [0.25, 0.3) is 0 Å². The molecule has 5 heteroatoms. The minimum atomic E-state index is -1.05. The fraction of sp³-hybridized carbons (Fsp3) is 0.500. The number of carboxylic acid groups (broad SMARTS) is 1.